The predicted octanol–water partition coefficient (Wildman–Crippen LogP) is 5.18. The number of ether oxygens (including phenoxy) is 2. The molecule has 1 unspecified atom stereocenters. The molecule has 7 heteroatoms. The molecular formula is C22H18F2N2O3. The Morgan fingerprint density at radius 2 is 1.93 bits per heavy atom. The topological polar surface area (TPSA) is 60.5 Å². The molecule has 148 valence electrons. The molecule has 1 N–H and O–H groups in total. The van der Waals surface area contributed by atoms with Crippen LogP contribution in [0.3, 0.4) is 0 Å². The molecule has 1 aliphatic rings. The fourth-order valence-corrected chi connectivity index (χ4v) is 3.26. The normalized spacial score (nSPS) is 15.2. The van der Waals surface area contributed by atoms with E-state index in [9.17, 15) is 13.6 Å². The van der Waals surface area contributed by atoms with Crippen molar-refractivity contribution in [1.82, 2.24) is 4.98 Å². The second kappa shape index (κ2) is 7.87. The third kappa shape index (κ3) is 4.51. The first-order valence-corrected chi connectivity index (χ1v) is 9.13. The SMILES string of the molecule is CC(=O)Nc1ccc(Oc2ccc3c(c2)CCC(c2cc(F)cc(F)c2)O3)nc1. The van der Waals surface area contributed by atoms with Crippen molar-refractivity contribution in [2.24, 2.45) is 0 Å². The monoisotopic (exact) mass is 396 g/mol. The van der Waals surface area contributed by atoms with Crippen LogP contribution in [-0.2, 0) is 11.2 Å². The Morgan fingerprint density at radius 1 is 1.14 bits per heavy atom. The van der Waals surface area contributed by atoms with E-state index in [0.29, 0.717) is 41.5 Å². The smallest absolute Gasteiger partial charge is 0.221 e. The highest BCUT2D eigenvalue weighted by Crippen LogP contribution is 2.37. The van der Waals surface area contributed by atoms with Gasteiger partial charge in [-0.25, -0.2) is 13.8 Å². The lowest BCUT2D eigenvalue weighted by Crippen LogP contribution is -2.15. The third-order valence-electron chi connectivity index (χ3n) is 4.51. The molecule has 0 radical (unpaired) electrons. The van der Waals surface area contributed by atoms with Gasteiger partial charge in [0.25, 0.3) is 0 Å². The van der Waals surface area contributed by atoms with Crippen molar-refractivity contribution in [1.29, 1.82) is 0 Å². The summed E-state index contributed by atoms with van der Waals surface area (Å²) in [6.45, 7) is 1.43. The molecule has 0 saturated carbocycles. The van der Waals surface area contributed by atoms with Crippen LogP contribution in [0.25, 0.3) is 0 Å². The van der Waals surface area contributed by atoms with Crippen molar-refractivity contribution in [2.75, 3.05) is 5.32 Å². The van der Waals surface area contributed by atoms with Crippen LogP contribution < -0.4 is 14.8 Å². The number of halogens is 2. The number of rotatable bonds is 4. The number of benzene rings is 2. The van der Waals surface area contributed by atoms with Gasteiger partial charge >= 0.3 is 0 Å². The van der Waals surface area contributed by atoms with E-state index in [1.807, 2.05) is 6.07 Å². The maximum Gasteiger partial charge on any atom is 0.221 e. The molecule has 1 aromatic heterocycles. The molecule has 1 aliphatic heterocycles. The predicted molar refractivity (Wildman–Crippen MR) is 103 cm³/mol. The summed E-state index contributed by atoms with van der Waals surface area (Å²) in [5.41, 5.74) is 2.02. The molecule has 0 fully saturated rings. The van der Waals surface area contributed by atoms with Gasteiger partial charge in [-0.1, -0.05) is 0 Å². The van der Waals surface area contributed by atoms with Crippen LogP contribution in [0.5, 0.6) is 17.4 Å². The first-order chi connectivity index (χ1) is 14.0. The number of fused-ring (bicyclic) bond motifs is 1. The fourth-order valence-electron chi connectivity index (χ4n) is 3.26. The standard InChI is InChI=1S/C22H18F2N2O3/c1-13(27)26-18-3-7-22(25-12-18)28-19-4-6-20-14(10-19)2-5-21(29-20)15-8-16(23)11-17(24)9-15/h3-4,6-12,21H,2,5H2,1H3,(H,26,27). The van der Waals surface area contributed by atoms with Crippen molar-refractivity contribution < 1.29 is 23.0 Å². The third-order valence-corrected chi connectivity index (χ3v) is 4.51. The number of anilines is 1. The Labute approximate surface area is 166 Å². The molecule has 2 heterocycles. The van der Waals surface area contributed by atoms with Gasteiger partial charge in [-0.2, -0.15) is 0 Å². The molecule has 4 rings (SSSR count). The largest absolute Gasteiger partial charge is 0.485 e. The first-order valence-electron chi connectivity index (χ1n) is 9.13. The Balaban J connectivity index is 1.46. The second-order valence-corrected chi connectivity index (χ2v) is 6.79. The lowest BCUT2D eigenvalue weighted by Gasteiger charge is -2.26. The lowest BCUT2D eigenvalue weighted by atomic mass is 9.97. The van der Waals surface area contributed by atoms with Gasteiger partial charge in [-0.3, -0.25) is 4.79 Å². The molecule has 3 aromatic rings. The van der Waals surface area contributed by atoms with Gasteiger partial charge in [-0.15, -0.1) is 0 Å². The van der Waals surface area contributed by atoms with E-state index in [1.54, 1.807) is 24.3 Å². The van der Waals surface area contributed by atoms with E-state index in [4.69, 9.17) is 9.47 Å². The highest BCUT2D eigenvalue weighted by molar-refractivity contribution is 5.88. The number of hydrogen-bond donors (Lipinski definition) is 1. The summed E-state index contributed by atoms with van der Waals surface area (Å²) in [5, 5.41) is 2.64. The van der Waals surface area contributed by atoms with Crippen LogP contribution in [0, 0.1) is 11.6 Å². The van der Waals surface area contributed by atoms with Crippen LogP contribution in [-0.4, -0.2) is 10.9 Å². The molecule has 0 bridgehead atoms. The summed E-state index contributed by atoms with van der Waals surface area (Å²) < 4.78 is 38.7. The molecular weight excluding hydrogens is 378 g/mol. The van der Waals surface area contributed by atoms with E-state index in [2.05, 4.69) is 10.3 Å². The van der Waals surface area contributed by atoms with Crippen LogP contribution in [0.15, 0.2) is 54.7 Å². The van der Waals surface area contributed by atoms with E-state index in [1.165, 1.54) is 25.3 Å². The number of nitrogens with one attached hydrogen (secondary N) is 1. The highest BCUT2D eigenvalue weighted by atomic mass is 19.1. The fraction of sp³-hybridized carbons (Fsp3) is 0.182. The van der Waals surface area contributed by atoms with E-state index in [-0.39, 0.29) is 5.91 Å². The number of aryl methyl sites for hydroxylation is 1. The summed E-state index contributed by atoms with van der Waals surface area (Å²) in [6, 6.07) is 12.2. The van der Waals surface area contributed by atoms with Gasteiger partial charge in [-0.05, 0) is 60.4 Å². The van der Waals surface area contributed by atoms with Crippen LogP contribution >= 0.6 is 0 Å². The van der Waals surface area contributed by atoms with Crippen molar-refractivity contribution >= 4 is 11.6 Å². The van der Waals surface area contributed by atoms with Crippen LogP contribution in [0.2, 0.25) is 0 Å². The number of carbonyl (C=O) groups excluding carboxylic acids is 1. The Hall–Kier alpha value is -3.48. The zero-order valence-electron chi connectivity index (χ0n) is 15.6. The van der Waals surface area contributed by atoms with Crippen molar-refractivity contribution in [3.8, 4) is 17.4 Å². The summed E-state index contributed by atoms with van der Waals surface area (Å²) in [4.78, 5) is 15.2. The van der Waals surface area contributed by atoms with Gasteiger partial charge in [0.1, 0.15) is 29.2 Å². The van der Waals surface area contributed by atoms with Gasteiger partial charge in [0.2, 0.25) is 11.8 Å². The number of carbonyl (C=O) groups is 1. The number of nitrogens with zero attached hydrogens (tertiary/aromatic N) is 1. The minimum absolute atomic E-state index is 0.172. The Morgan fingerprint density at radius 3 is 2.62 bits per heavy atom. The van der Waals surface area contributed by atoms with Crippen molar-refractivity contribution in [3.05, 3.63) is 77.5 Å². The molecule has 1 atom stereocenters. The molecule has 0 aliphatic carbocycles. The van der Waals surface area contributed by atoms with Crippen molar-refractivity contribution in [2.45, 2.75) is 25.9 Å². The molecule has 0 saturated heterocycles. The van der Waals surface area contributed by atoms with Crippen LogP contribution in [0.4, 0.5) is 14.5 Å². The lowest BCUT2D eigenvalue weighted by molar-refractivity contribution is -0.114. The van der Waals surface area contributed by atoms with Crippen molar-refractivity contribution in [3.63, 3.8) is 0 Å². The zero-order chi connectivity index (χ0) is 20.4. The van der Waals surface area contributed by atoms with E-state index < -0.39 is 17.7 Å². The van der Waals surface area contributed by atoms with Gasteiger partial charge < -0.3 is 14.8 Å². The minimum Gasteiger partial charge on any atom is -0.485 e. The molecule has 0 spiro atoms. The number of amides is 1. The average molecular weight is 396 g/mol. The Bertz CT molecular complexity index is 1030. The maximum absolute atomic E-state index is 13.5. The summed E-state index contributed by atoms with van der Waals surface area (Å²) in [7, 11) is 0. The second-order valence-electron chi connectivity index (χ2n) is 6.79. The zero-order valence-corrected chi connectivity index (χ0v) is 15.6. The quantitative estimate of drug-likeness (QED) is 0.660. The summed E-state index contributed by atoms with van der Waals surface area (Å²) in [6.07, 6.45) is 2.40. The maximum atomic E-state index is 13.5. The minimum atomic E-state index is -0.616. The molecule has 2 aromatic carbocycles. The number of pyridine rings is 1. The van der Waals surface area contributed by atoms with Crippen LogP contribution in [0.1, 0.15) is 30.6 Å². The molecule has 1 amide bonds. The molecule has 29 heavy (non-hydrogen) atoms. The van der Waals surface area contributed by atoms with Gasteiger partial charge in [0.05, 0.1) is 11.9 Å². The van der Waals surface area contributed by atoms with Gasteiger partial charge in [0, 0.05) is 19.1 Å². The van der Waals surface area contributed by atoms with Gasteiger partial charge in [0.15, 0.2) is 0 Å². The summed E-state index contributed by atoms with van der Waals surface area (Å²) >= 11 is 0. The Kier molecular flexibility index (Phi) is 5.12. The number of aromatic nitrogens is 1. The average Bonchev–Trinajstić information content (AvgIpc) is 2.68. The van der Waals surface area contributed by atoms with E-state index in [0.717, 1.165) is 11.6 Å². The summed E-state index contributed by atoms with van der Waals surface area (Å²) in [5.74, 6) is 0.248. The first kappa shape index (κ1) is 18.9. The van der Waals surface area contributed by atoms with E-state index >= 15 is 0 Å². The number of hydrogen-bond acceptors (Lipinski definition) is 4. The highest BCUT2D eigenvalue weighted by Gasteiger charge is 2.23. The molecule has 5 nitrogen and oxygen atoms in total.